The second-order valence-electron chi connectivity index (χ2n) is 6.25. The number of rotatable bonds is 0. The molecule has 0 radical (unpaired) electrons. The molecule has 18 heavy (non-hydrogen) atoms. The maximum Gasteiger partial charge on any atom is 0.0667 e. The van der Waals surface area contributed by atoms with Gasteiger partial charge < -0.3 is 20.0 Å². The number of hydrogen-bond acceptors (Lipinski definition) is 4. The summed E-state index contributed by atoms with van der Waals surface area (Å²) in [4.78, 5) is 4.62. The summed E-state index contributed by atoms with van der Waals surface area (Å²) in [7, 11) is 4.25. The molecule has 2 aliphatic heterocycles. The van der Waals surface area contributed by atoms with Gasteiger partial charge in [-0.25, -0.2) is 0 Å². The Kier molecular flexibility index (Phi) is 5.01. The van der Waals surface area contributed by atoms with E-state index in [-0.39, 0.29) is 12.2 Å². The van der Waals surface area contributed by atoms with Crippen LogP contribution in [0.1, 0.15) is 38.5 Å². The van der Waals surface area contributed by atoms with E-state index in [0.717, 1.165) is 38.8 Å². The molecule has 2 bridgehead atoms. The maximum absolute atomic E-state index is 9.97. The zero-order valence-electron chi connectivity index (χ0n) is 11.8. The molecule has 4 heteroatoms. The molecule has 0 aromatic carbocycles. The lowest BCUT2D eigenvalue weighted by atomic mass is 9.84. The Morgan fingerprint density at radius 3 is 1.56 bits per heavy atom. The predicted molar refractivity (Wildman–Crippen MR) is 72.6 cm³/mol. The molecule has 0 spiro atoms. The molecule has 2 heterocycles. The smallest absolute Gasteiger partial charge is 0.0667 e. The molecule has 2 N–H and O–H groups in total. The molecular weight excluding hydrogens is 228 g/mol. The lowest BCUT2D eigenvalue weighted by Gasteiger charge is -2.46. The predicted octanol–water partition coefficient (Wildman–Crippen LogP) is 0.677. The Bertz CT molecular complexity index is 232. The van der Waals surface area contributed by atoms with Crippen molar-refractivity contribution < 1.29 is 10.2 Å². The van der Waals surface area contributed by atoms with Gasteiger partial charge in [0.2, 0.25) is 0 Å². The van der Waals surface area contributed by atoms with Gasteiger partial charge in [0.05, 0.1) is 12.2 Å². The number of aliphatic hydroxyl groups excluding tert-OH is 2. The first-order valence-corrected chi connectivity index (χ1v) is 7.33. The van der Waals surface area contributed by atoms with Crippen LogP contribution in [-0.4, -0.2) is 71.5 Å². The van der Waals surface area contributed by atoms with Crippen molar-refractivity contribution in [3.8, 4) is 0 Å². The normalized spacial score (nSPS) is 41.3. The minimum absolute atomic E-state index is 0.204. The van der Waals surface area contributed by atoms with E-state index >= 15 is 0 Å². The highest BCUT2D eigenvalue weighted by atomic mass is 16.3. The molecule has 3 aliphatic rings. The van der Waals surface area contributed by atoms with Gasteiger partial charge in [0, 0.05) is 25.2 Å². The van der Waals surface area contributed by atoms with Gasteiger partial charge in [-0.3, -0.25) is 0 Å². The largest absolute Gasteiger partial charge is 0.392 e. The van der Waals surface area contributed by atoms with E-state index in [2.05, 4.69) is 23.9 Å². The number of nitrogens with zero attached hydrogens (tertiary/aromatic N) is 2. The van der Waals surface area contributed by atoms with E-state index in [1.807, 2.05) is 0 Å². The van der Waals surface area contributed by atoms with E-state index in [1.165, 1.54) is 12.8 Å². The molecule has 2 atom stereocenters. The quantitative estimate of drug-likeness (QED) is 0.669. The molecule has 1 aliphatic carbocycles. The summed E-state index contributed by atoms with van der Waals surface area (Å²) >= 11 is 0. The highest BCUT2D eigenvalue weighted by Gasteiger charge is 2.35. The van der Waals surface area contributed by atoms with Crippen LogP contribution < -0.4 is 0 Å². The summed E-state index contributed by atoms with van der Waals surface area (Å²) < 4.78 is 0. The molecular formula is C14H28N2O2. The van der Waals surface area contributed by atoms with Crippen molar-refractivity contribution in [2.45, 2.75) is 62.8 Å². The van der Waals surface area contributed by atoms with Gasteiger partial charge in [-0.05, 0) is 39.8 Å². The van der Waals surface area contributed by atoms with Crippen LogP contribution in [-0.2, 0) is 0 Å². The Balaban J connectivity index is 1.90. The Hall–Kier alpha value is -0.160. The van der Waals surface area contributed by atoms with Gasteiger partial charge in [-0.1, -0.05) is 12.8 Å². The van der Waals surface area contributed by atoms with Crippen molar-refractivity contribution >= 4 is 0 Å². The summed E-state index contributed by atoms with van der Waals surface area (Å²) in [5.74, 6) is 0. The van der Waals surface area contributed by atoms with Crippen LogP contribution in [0.4, 0.5) is 0 Å². The molecule has 0 aromatic rings. The molecule has 2 saturated heterocycles. The fraction of sp³-hybridized carbons (Fsp3) is 1.00. The molecule has 4 nitrogen and oxygen atoms in total. The van der Waals surface area contributed by atoms with Crippen molar-refractivity contribution in [3.63, 3.8) is 0 Å². The zero-order chi connectivity index (χ0) is 13.1. The third-order valence-electron chi connectivity index (χ3n) is 4.66. The lowest BCUT2D eigenvalue weighted by molar-refractivity contribution is 0.0133. The Labute approximate surface area is 111 Å². The maximum atomic E-state index is 9.97. The molecule has 3 rings (SSSR count). The van der Waals surface area contributed by atoms with Crippen LogP contribution in [0.15, 0.2) is 0 Å². The van der Waals surface area contributed by atoms with Gasteiger partial charge in [-0.2, -0.15) is 0 Å². The number of hydrogen-bond donors (Lipinski definition) is 2. The molecule has 0 amide bonds. The lowest BCUT2D eigenvalue weighted by Crippen LogP contribution is -2.54. The first kappa shape index (κ1) is 14.3. The van der Waals surface area contributed by atoms with E-state index in [1.54, 1.807) is 0 Å². The fourth-order valence-corrected chi connectivity index (χ4v) is 3.18. The summed E-state index contributed by atoms with van der Waals surface area (Å²) in [5.41, 5.74) is 0. The van der Waals surface area contributed by atoms with E-state index in [9.17, 15) is 10.2 Å². The average Bonchev–Trinajstić information content (AvgIpc) is 2.21. The first-order chi connectivity index (χ1) is 8.56. The van der Waals surface area contributed by atoms with Crippen molar-refractivity contribution in [1.82, 2.24) is 9.80 Å². The highest BCUT2D eigenvalue weighted by Crippen LogP contribution is 2.29. The van der Waals surface area contributed by atoms with Gasteiger partial charge in [0.15, 0.2) is 0 Å². The first-order valence-electron chi connectivity index (χ1n) is 7.33. The monoisotopic (exact) mass is 256 g/mol. The van der Waals surface area contributed by atoms with Gasteiger partial charge >= 0.3 is 0 Å². The van der Waals surface area contributed by atoms with Crippen molar-refractivity contribution in [3.05, 3.63) is 0 Å². The summed E-state index contributed by atoms with van der Waals surface area (Å²) in [6.45, 7) is 1.59. The molecule has 2 unspecified atom stereocenters. The van der Waals surface area contributed by atoms with Crippen LogP contribution in [0.5, 0.6) is 0 Å². The third-order valence-corrected chi connectivity index (χ3v) is 4.66. The van der Waals surface area contributed by atoms with Crippen LogP contribution in [0.3, 0.4) is 0 Å². The zero-order valence-corrected chi connectivity index (χ0v) is 11.8. The van der Waals surface area contributed by atoms with Crippen molar-refractivity contribution in [2.24, 2.45) is 0 Å². The van der Waals surface area contributed by atoms with E-state index in [0.29, 0.717) is 12.1 Å². The Morgan fingerprint density at radius 2 is 1.17 bits per heavy atom. The number of aliphatic hydroxyl groups is 2. The fourth-order valence-electron chi connectivity index (χ4n) is 3.18. The Morgan fingerprint density at radius 1 is 0.778 bits per heavy atom. The second kappa shape index (κ2) is 6.33. The summed E-state index contributed by atoms with van der Waals surface area (Å²) in [5, 5.41) is 19.9. The summed E-state index contributed by atoms with van der Waals surface area (Å²) in [6, 6.07) is 1.23. The van der Waals surface area contributed by atoms with Crippen LogP contribution in [0.2, 0.25) is 0 Å². The van der Waals surface area contributed by atoms with Gasteiger partial charge in [0.25, 0.3) is 0 Å². The summed E-state index contributed by atoms with van der Waals surface area (Å²) in [6.07, 6.45) is 5.70. The highest BCUT2D eigenvalue weighted by molar-refractivity contribution is 4.92. The molecule has 3 fully saturated rings. The van der Waals surface area contributed by atoms with Crippen molar-refractivity contribution in [1.29, 1.82) is 0 Å². The van der Waals surface area contributed by atoms with Crippen molar-refractivity contribution in [2.75, 3.05) is 27.2 Å². The standard InChI is InChI=1S/C14H28N2O2/c1-15-9-13(17)5-3-4-6-14(18)10-16(2)12-7-11(15)8-12/h11-14,17-18H,3-10H2,1-2H3. The van der Waals surface area contributed by atoms with E-state index in [4.69, 9.17) is 0 Å². The van der Waals surface area contributed by atoms with Gasteiger partial charge in [0.1, 0.15) is 0 Å². The molecule has 106 valence electrons. The minimum Gasteiger partial charge on any atom is -0.392 e. The third kappa shape index (κ3) is 3.67. The van der Waals surface area contributed by atoms with E-state index < -0.39 is 0 Å². The van der Waals surface area contributed by atoms with Crippen LogP contribution in [0.25, 0.3) is 0 Å². The topological polar surface area (TPSA) is 46.9 Å². The van der Waals surface area contributed by atoms with Gasteiger partial charge in [-0.15, -0.1) is 0 Å². The second-order valence-corrected chi connectivity index (χ2v) is 6.25. The SMILES string of the molecule is CN1CC(O)CCCCC(O)CN(C)C2CC1C2. The minimum atomic E-state index is -0.204. The number of likely N-dealkylation sites (N-methyl/N-ethyl adjacent to an activating group) is 2. The van der Waals surface area contributed by atoms with Crippen LogP contribution in [0, 0.1) is 0 Å². The van der Waals surface area contributed by atoms with Crippen LogP contribution >= 0.6 is 0 Å². The average molecular weight is 256 g/mol. The molecule has 1 saturated carbocycles. The molecule has 0 aromatic heterocycles. The number of fused-ring (bicyclic) bond motifs is 9.